The van der Waals surface area contributed by atoms with Crippen molar-refractivity contribution in [3.63, 3.8) is 0 Å². The summed E-state index contributed by atoms with van der Waals surface area (Å²) in [6.45, 7) is -0.515. The molecule has 1 unspecified atom stereocenters. The molecule has 28 heavy (non-hydrogen) atoms. The number of likely N-dealkylation sites (tertiary alicyclic amines) is 1. The molecule has 3 aliphatic rings. The SMILES string of the molecule is C#CCCC1(CCC(=O)N2CCC(c3nc(C4CC4)no3)(C(F)(F)F)C2)N=N1. The fourth-order valence-corrected chi connectivity index (χ4v) is 3.62. The van der Waals surface area contributed by atoms with E-state index in [0.29, 0.717) is 25.1 Å². The molecule has 4 rings (SSSR count). The van der Waals surface area contributed by atoms with E-state index >= 15 is 0 Å². The second-order valence-electron chi connectivity index (χ2n) is 7.76. The maximum Gasteiger partial charge on any atom is 0.405 e. The monoisotopic (exact) mass is 395 g/mol. The number of terminal acetylenes is 1. The summed E-state index contributed by atoms with van der Waals surface area (Å²) in [5.74, 6) is 2.13. The predicted molar refractivity (Wildman–Crippen MR) is 90.1 cm³/mol. The number of hydrogen-bond acceptors (Lipinski definition) is 6. The Morgan fingerprint density at radius 2 is 2.07 bits per heavy atom. The maximum atomic E-state index is 14.0. The van der Waals surface area contributed by atoms with E-state index in [1.165, 1.54) is 4.90 Å². The van der Waals surface area contributed by atoms with Crippen LogP contribution in [0.4, 0.5) is 13.2 Å². The summed E-state index contributed by atoms with van der Waals surface area (Å²) >= 11 is 0. The summed E-state index contributed by atoms with van der Waals surface area (Å²) in [5, 5.41) is 11.6. The molecule has 2 fully saturated rings. The van der Waals surface area contributed by atoms with Gasteiger partial charge >= 0.3 is 6.18 Å². The lowest BCUT2D eigenvalue weighted by atomic mass is 9.86. The van der Waals surface area contributed by atoms with Gasteiger partial charge in [-0.3, -0.25) is 4.79 Å². The smallest absolute Gasteiger partial charge is 0.341 e. The Morgan fingerprint density at radius 3 is 2.68 bits per heavy atom. The van der Waals surface area contributed by atoms with E-state index in [4.69, 9.17) is 10.9 Å². The van der Waals surface area contributed by atoms with Crippen molar-refractivity contribution >= 4 is 5.91 Å². The number of alkyl halides is 3. The predicted octanol–water partition coefficient (Wildman–Crippen LogP) is 3.34. The van der Waals surface area contributed by atoms with E-state index in [1.807, 2.05) is 0 Å². The summed E-state index contributed by atoms with van der Waals surface area (Å²) in [4.78, 5) is 17.8. The van der Waals surface area contributed by atoms with E-state index in [-0.39, 0.29) is 31.2 Å². The number of amides is 1. The van der Waals surface area contributed by atoms with Crippen LogP contribution in [0.15, 0.2) is 14.8 Å². The van der Waals surface area contributed by atoms with Crippen molar-refractivity contribution in [1.29, 1.82) is 0 Å². The van der Waals surface area contributed by atoms with Gasteiger partial charge in [0.25, 0.3) is 0 Å². The van der Waals surface area contributed by atoms with Crippen LogP contribution in [0.1, 0.15) is 62.6 Å². The van der Waals surface area contributed by atoms with E-state index in [0.717, 1.165) is 12.8 Å². The first-order chi connectivity index (χ1) is 13.3. The standard InChI is InChI=1S/C18H20F3N5O2/c1-2-3-7-17(24-25-17)8-6-13(27)26-10-9-16(11-26,18(19,20)21)15-22-14(23-28-15)12-4-5-12/h1,12H,3-11H2. The number of nitrogens with zero attached hydrogens (tertiary/aromatic N) is 5. The van der Waals surface area contributed by atoms with Gasteiger partial charge in [0.05, 0.1) is 0 Å². The van der Waals surface area contributed by atoms with Gasteiger partial charge < -0.3 is 9.42 Å². The molecule has 150 valence electrons. The molecule has 1 aliphatic carbocycles. The molecule has 1 saturated heterocycles. The van der Waals surface area contributed by atoms with Crippen LogP contribution in [-0.4, -0.2) is 45.9 Å². The molecule has 0 bridgehead atoms. The van der Waals surface area contributed by atoms with Gasteiger partial charge in [-0.25, -0.2) is 0 Å². The molecular weight excluding hydrogens is 375 g/mol. The van der Waals surface area contributed by atoms with Crippen molar-refractivity contribution in [3.05, 3.63) is 11.7 Å². The van der Waals surface area contributed by atoms with Gasteiger partial charge in [0.15, 0.2) is 16.9 Å². The zero-order valence-corrected chi connectivity index (χ0v) is 15.2. The van der Waals surface area contributed by atoms with Crippen LogP contribution in [-0.2, 0) is 10.2 Å². The van der Waals surface area contributed by atoms with Gasteiger partial charge in [-0.1, -0.05) is 5.16 Å². The normalized spacial score (nSPS) is 25.7. The maximum absolute atomic E-state index is 14.0. The van der Waals surface area contributed by atoms with Gasteiger partial charge in [-0.2, -0.15) is 28.4 Å². The molecule has 0 aromatic carbocycles. The fourth-order valence-electron chi connectivity index (χ4n) is 3.62. The number of halogens is 3. The van der Waals surface area contributed by atoms with E-state index in [1.54, 1.807) is 0 Å². The van der Waals surface area contributed by atoms with Crippen molar-refractivity contribution in [2.24, 2.45) is 10.2 Å². The lowest BCUT2D eigenvalue weighted by Crippen LogP contribution is -2.46. The molecule has 1 aromatic heterocycles. The van der Waals surface area contributed by atoms with Crippen molar-refractivity contribution in [2.75, 3.05) is 13.1 Å². The van der Waals surface area contributed by atoms with Crippen LogP contribution < -0.4 is 0 Å². The van der Waals surface area contributed by atoms with E-state index in [9.17, 15) is 18.0 Å². The molecule has 1 atom stereocenters. The topological polar surface area (TPSA) is 84.0 Å². The molecule has 0 radical (unpaired) electrons. The summed E-state index contributed by atoms with van der Waals surface area (Å²) in [7, 11) is 0. The highest BCUT2D eigenvalue weighted by Crippen LogP contribution is 2.48. The first-order valence-electron chi connectivity index (χ1n) is 9.35. The fraction of sp³-hybridized carbons (Fsp3) is 0.722. The Labute approximate surface area is 159 Å². The van der Waals surface area contributed by atoms with Gasteiger partial charge in [0, 0.05) is 44.7 Å². The summed E-state index contributed by atoms with van der Waals surface area (Å²) in [6, 6.07) is 0. The molecule has 1 saturated carbocycles. The zero-order valence-electron chi connectivity index (χ0n) is 15.2. The zero-order chi connectivity index (χ0) is 20.0. The second kappa shape index (κ2) is 6.57. The van der Waals surface area contributed by atoms with Crippen molar-refractivity contribution in [3.8, 4) is 12.3 Å². The Kier molecular flexibility index (Phi) is 4.43. The van der Waals surface area contributed by atoms with Crippen molar-refractivity contribution in [1.82, 2.24) is 15.0 Å². The highest BCUT2D eigenvalue weighted by Gasteiger charge is 2.63. The lowest BCUT2D eigenvalue weighted by molar-refractivity contribution is -0.193. The molecule has 7 nitrogen and oxygen atoms in total. The number of carbonyl (C=O) groups is 1. The Bertz CT molecular complexity index is 833. The first-order valence-corrected chi connectivity index (χ1v) is 9.35. The molecule has 1 aromatic rings. The van der Waals surface area contributed by atoms with Crippen molar-refractivity contribution in [2.45, 2.75) is 68.1 Å². The minimum absolute atomic E-state index is 0.00880. The quantitative estimate of drug-likeness (QED) is 0.663. The Balaban J connectivity index is 1.43. The highest BCUT2D eigenvalue weighted by molar-refractivity contribution is 5.77. The lowest BCUT2D eigenvalue weighted by Gasteiger charge is -2.28. The van der Waals surface area contributed by atoms with Crippen LogP contribution in [0, 0.1) is 12.3 Å². The van der Waals surface area contributed by atoms with Crippen LogP contribution in [0.2, 0.25) is 0 Å². The Morgan fingerprint density at radius 1 is 1.32 bits per heavy atom. The number of carbonyl (C=O) groups excluding carboxylic acids is 1. The van der Waals surface area contributed by atoms with Crippen LogP contribution in [0.5, 0.6) is 0 Å². The molecular formula is C18H20F3N5O2. The average molecular weight is 395 g/mol. The molecule has 0 N–H and O–H groups in total. The van der Waals surface area contributed by atoms with Crippen LogP contribution in [0.25, 0.3) is 0 Å². The largest absolute Gasteiger partial charge is 0.405 e. The second-order valence-corrected chi connectivity index (χ2v) is 7.76. The number of rotatable bonds is 7. The molecule has 2 aliphatic heterocycles. The van der Waals surface area contributed by atoms with Crippen LogP contribution >= 0.6 is 0 Å². The average Bonchev–Trinajstić information content (AvgIpc) is 3.54. The third kappa shape index (κ3) is 3.38. The van der Waals surface area contributed by atoms with Crippen LogP contribution in [0.3, 0.4) is 0 Å². The van der Waals surface area contributed by atoms with Gasteiger partial charge in [-0.15, -0.1) is 12.3 Å². The molecule has 1 amide bonds. The summed E-state index contributed by atoms with van der Waals surface area (Å²) in [5.41, 5.74) is -2.94. The Hall–Kier alpha value is -2.44. The van der Waals surface area contributed by atoms with E-state index < -0.39 is 29.7 Å². The summed E-state index contributed by atoms with van der Waals surface area (Å²) in [6.07, 6.45) is 3.55. The number of aromatic nitrogens is 2. The molecule has 3 heterocycles. The molecule has 10 heteroatoms. The molecule has 0 spiro atoms. The van der Waals surface area contributed by atoms with Crippen molar-refractivity contribution < 1.29 is 22.5 Å². The minimum Gasteiger partial charge on any atom is -0.341 e. The van der Waals surface area contributed by atoms with Gasteiger partial charge in [-0.05, 0) is 19.3 Å². The number of hydrogen-bond donors (Lipinski definition) is 0. The highest BCUT2D eigenvalue weighted by atomic mass is 19.4. The minimum atomic E-state index is -4.59. The first kappa shape index (κ1) is 18.9. The third-order valence-corrected chi connectivity index (χ3v) is 5.75. The third-order valence-electron chi connectivity index (χ3n) is 5.75. The van der Waals surface area contributed by atoms with Gasteiger partial charge in [0.1, 0.15) is 0 Å². The van der Waals surface area contributed by atoms with E-state index in [2.05, 4.69) is 26.3 Å². The summed E-state index contributed by atoms with van der Waals surface area (Å²) < 4.78 is 46.9. The van der Waals surface area contributed by atoms with Gasteiger partial charge in [0.2, 0.25) is 11.8 Å².